The van der Waals surface area contributed by atoms with Gasteiger partial charge in [-0.1, -0.05) is 0 Å². The summed E-state index contributed by atoms with van der Waals surface area (Å²) in [6.45, 7) is 4.79. The molecule has 0 radical (unpaired) electrons. The molecule has 3 rings (SSSR count). The van der Waals surface area contributed by atoms with Crippen molar-refractivity contribution in [3.63, 3.8) is 0 Å². The maximum absolute atomic E-state index is 12.6. The van der Waals surface area contributed by atoms with Crippen LogP contribution in [0.15, 0.2) is 18.3 Å². The second-order valence-electron chi connectivity index (χ2n) is 5.96. The van der Waals surface area contributed by atoms with Gasteiger partial charge in [-0.3, -0.25) is 4.79 Å². The molecule has 1 fully saturated rings. The van der Waals surface area contributed by atoms with Gasteiger partial charge >= 0.3 is 6.18 Å². The Hall–Kier alpha value is -2.16. The van der Waals surface area contributed by atoms with Gasteiger partial charge in [-0.15, -0.1) is 11.3 Å². The Kier molecular flexibility index (Phi) is 4.68. The van der Waals surface area contributed by atoms with Crippen molar-refractivity contribution in [1.29, 1.82) is 0 Å². The lowest BCUT2D eigenvalue weighted by atomic mass is 10.2. The number of anilines is 1. The fourth-order valence-electron chi connectivity index (χ4n) is 2.82. The Morgan fingerprint density at radius 3 is 2.68 bits per heavy atom. The van der Waals surface area contributed by atoms with Gasteiger partial charge in [-0.05, 0) is 32.4 Å². The Labute approximate surface area is 146 Å². The number of carbonyl (C=O) groups is 1. The van der Waals surface area contributed by atoms with Crippen LogP contribution in [0.2, 0.25) is 0 Å². The lowest BCUT2D eigenvalue weighted by Crippen LogP contribution is -2.37. The van der Waals surface area contributed by atoms with E-state index in [-0.39, 0.29) is 11.9 Å². The molecule has 2 aromatic heterocycles. The highest BCUT2D eigenvalue weighted by Gasteiger charge is 2.31. The van der Waals surface area contributed by atoms with E-state index in [0.29, 0.717) is 35.9 Å². The first-order chi connectivity index (χ1) is 11.7. The third-order valence-corrected chi connectivity index (χ3v) is 5.10. The molecule has 1 aliphatic heterocycles. The minimum absolute atomic E-state index is 0.0709. The molecule has 1 saturated heterocycles. The van der Waals surface area contributed by atoms with E-state index in [0.717, 1.165) is 17.3 Å². The van der Waals surface area contributed by atoms with Crippen molar-refractivity contribution >= 4 is 23.1 Å². The van der Waals surface area contributed by atoms with E-state index >= 15 is 0 Å². The monoisotopic (exact) mass is 370 g/mol. The Morgan fingerprint density at radius 1 is 1.36 bits per heavy atom. The average molecular weight is 370 g/mol. The van der Waals surface area contributed by atoms with Crippen molar-refractivity contribution < 1.29 is 18.0 Å². The molecule has 1 aliphatic rings. The lowest BCUT2D eigenvalue weighted by molar-refractivity contribution is -0.137. The molecule has 1 atom stereocenters. The number of rotatable bonds is 3. The van der Waals surface area contributed by atoms with Crippen molar-refractivity contribution in [3.8, 4) is 0 Å². The highest BCUT2D eigenvalue weighted by molar-refractivity contribution is 7.13. The van der Waals surface area contributed by atoms with Gasteiger partial charge in [-0.25, -0.2) is 9.97 Å². The summed E-state index contributed by atoms with van der Waals surface area (Å²) < 4.78 is 37.8. The molecule has 134 valence electrons. The summed E-state index contributed by atoms with van der Waals surface area (Å²) >= 11 is 1.35. The standard InChI is InChI=1S/C16H17F3N4OS/c1-9-14(25-10(2)21-9)15(24)22-12-5-6-23(8-12)13-4-3-11(7-20-13)16(17,18)19/h3-4,7,12H,5-6,8H2,1-2H3,(H,22,24)/t12-/m0/s1. The molecular weight excluding hydrogens is 353 g/mol. The molecule has 0 aromatic carbocycles. The van der Waals surface area contributed by atoms with Crippen LogP contribution < -0.4 is 10.2 Å². The number of nitrogens with one attached hydrogen (secondary N) is 1. The van der Waals surface area contributed by atoms with Crippen molar-refractivity contribution in [1.82, 2.24) is 15.3 Å². The van der Waals surface area contributed by atoms with Crippen LogP contribution in [0.5, 0.6) is 0 Å². The molecule has 5 nitrogen and oxygen atoms in total. The van der Waals surface area contributed by atoms with E-state index in [9.17, 15) is 18.0 Å². The Morgan fingerprint density at radius 2 is 2.12 bits per heavy atom. The molecule has 0 aliphatic carbocycles. The number of hydrogen-bond acceptors (Lipinski definition) is 5. The molecule has 0 bridgehead atoms. The molecule has 9 heteroatoms. The predicted octanol–water partition coefficient (Wildman–Crippen LogP) is 3.18. The normalized spacial score (nSPS) is 17.8. The van der Waals surface area contributed by atoms with Crippen LogP contribution in [0.1, 0.15) is 32.4 Å². The summed E-state index contributed by atoms with van der Waals surface area (Å²) in [7, 11) is 0. The van der Waals surface area contributed by atoms with Crippen molar-refractivity contribution in [2.45, 2.75) is 32.5 Å². The zero-order chi connectivity index (χ0) is 18.2. The number of hydrogen-bond donors (Lipinski definition) is 1. The fraction of sp³-hybridized carbons (Fsp3) is 0.438. The summed E-state index contributed by atoms with van der Waals surface area (Å²) in [4.78, 5) is 22.9. The number of nitrogens with zero attached hydrogens (tertiary/aromatic N) is 3. The van der Waals surface area contributed by atoms with E-state index in [1.165, 1.54) is 17.4 Å². The fourth-order valence-corrected chi connectivity index (χ4v) is 3.64. The minimum Gasteiger partial charge on any atom is -0.354 e. The van der Waals surface area contributed by atoms with Gasteiger partial charge in [0.05, 0.1) is 16.3 Å². The zero-order valence-electron chi connectivity index (χ0n) is 13.7. The maximum Gasteiger partial charge on any atom is 0.417 e. The van der Waals surface area contributed by atoms with Gasteiger partial charge in [0, 0.05) is 25.3 Å². The molecule has 2 aromatic rings. The predicted molar refractivity (Wildman–Crippen MR) is 88.9 cm³/mol. The number of alkyl halides is 3. The van der Waals surface area contributed by atoms with Crippen LogP contribution in [0.25, 0.3) is 0 Å². The summed E-state index contributed by atoms with van der Waals surface area (Å²) in [6, 6.07) is 2.32. The van der Waals surface area contributed by atoms with Crippen LogP contribution in [0, 0.1) is 13.8 Å². The van der Waals surface area contributed by atoms with Gasteiger partial charge in [0.25, 0.3) is 5.91 Å². The highest BCUT2D eigenvalue weighted by Crippen LogP contribution is 2.30. The van der Waals surface area contributed by atoms with Crippen LogP contribution >= 0.6 is 11.3 Å². The third kappa shape index (κ3) is 3.92. The van der Waals surface area contributed by atoms with Gasteiger partial charge in [0.2, 0.25) is 0 Å². The number of thiazole rings is 1. The largest absolute Gasteiger partial charge is 0.417 e. The number of aromatic nitrogens is 2. The van der Waals surface area contributed by atoms with Crippen LogP contribution in [-0.4, -0.2) is 35.0 Å². The number of carbonyl (C=O) groups excluding carboxylic acids is 1. The first kappa shape index (κ1) is 17.7. The van der Waals surface area contributed by atoms with E-state index in [4.69, 9.17) is 0 Å². The quantitative estimate of drug-likeness (QED) is 0.902. The average Bonchev–Trinajstić information content (AvgIpc) is 3.13. The molecule has 1 amide bonds. The molecule has 0 unspecified atom stereocenters. The van der Waals surface area contributed by atoms with Gasteiger partial charge < -0.3 is 10.2 Å². The second-order valence-corrected chi connectivity index (χ2v) is 7.16. The SMILES string of the molecule is Cc1nc(C)c(C(=O)N[C@H]2CCN(c3ccc(C(F)(F)F)cn3)C2)s1. The number of halogens is 3. The Balaban J connectivity index is 1.62. The number of aryl methyl sites for hydroxylation is 2. The van der Waals surface area contributed by atoms with E-state index in [2.05, 4.69) is 15.3 Å². The van der Waals surface area contributed by atoms with E-state index < -0.39 is 11.7 Å². The van der Waals surface area contributed by atoms with E-state index in [1.54, 1.807) is 6.92 Å². The van der Waals surface area contributed by atoms with Crippen LogP contribution in [0.4, 0.5) is 19.0 Å². The summed E-state index contributed by atoms with van der Waals surface area (Å²) in [5.41, 5.74) is -0.0596. The van der Waals surface area contributed by atoms with Gasteiger partial charge in [0.1, 0.15) is 10.7 Å². The van der Waals surface area contributed by atoms with Crippen LogP contribution in [-0.2, 0) is 6.18 Å². The zero-order valence-corrected chi connectivity index (χ0v) is 14.5. The smallest absolute Gasteiger partial charge is 0.354 e. The van der Waals surface area contributed by atoms with Gasteiger partial charge in [0.15, 0.2) is 0 Å². The van der Waals surface area contributed by atoms with Crippen molar-refractivity contribution in [2.75, 3.05) is 18.0 Å². The lowest BCUT2D eigenvalue weighted by Gasteiger charge is -2.18. The summed E-state index contributed by atoms with van der Waals surface area (Å²) in [5, 5.41) is 3.80. The summed E-state index contributed by atoms with van der Waals surface area (Å²) in [6.07, 6.45) is -2.84. The molecule has 0 spiro atoms. The molecule has 0 saturated carbocycles. The van der Waals surface area contributed by atoms with Crippen LogP contribution in [0.3, 0.4) is 0 Å². The molecule has 1 N–H and O–H groups in total. The maximum atomic E-state index is 12.6. The minimum atomic E-state index is -4.39. The van der Waals surface area contributed by atoms with Crippen molar-refractivity contribution in [2.24, 2.45) is 0 Å². The molecule has 25 heavy (non-hydrogen) atoms. The second kappa shape index (κ2) is 6.62. The van der Waals surface area contributed by atoms with Crippen molar-refractivity contribution in [3.05, 3.63) is 39.5 Å². The third-order valence-electron chi connectivity index (χ3n) is 4.03. The number of amides is 1. The molecule has 3 heterocycles. The Bertz CT molecular complexity index is 773. The molecular formula is C16H17F3N4OS. The first-order valence-electron chi connectivity index (χ1n) is 7.77. The summed E-state index contributed by atoms with van der Waals surface area (Å²) in [5.74, 6) is 0.324. The van der Waals surface area contributed by atoms with Gasteiger partial charge in [-0.2, -0.15) is 13.2 Å². The highest BCUT2D eigenvalue weighted by atomic mass is 32.1. The number of pyridine rings is 1. The van der Waals surface area contributed by atoms with E-state index in [1.807, 2.05) is 11.8 Å². The first-order valence-corrected chi connectivity index (χ1v) is 8.59. The topological polar surface area (TPSA) is 58.1 Å².